The van der Waals surface area contributed by atoms with Gasteiger partial charge in [0.05, 0.1) is 12.7 Å². The molecule has 0 radical (unpaired) electrons. The molecule has 1 fully saturated rings. The van der Waals surface area contributed by atoms with Crippen molar-refractivity contribution in [1.29, 1.82) is 0 Å². The predicted octanol–water partition coefficient (Wildman–Crippen LogP) is -0.525. The Morgan fingerprint density at radius 1 is 1.50 bits per heavy atom. The number of nitrogens with zero attached hydrogens (tertiary/aromatic N) is 3. The first kappa shape index (κ1) is 15.4. The summed E-state index contributed by atoms with van der Waals surface area (Å²) in [5, 5.41) is 7.08. The van der Waals surface area contributed by atoms with E-state index in [1.54, 1.807) is 10.9 Å². The third-order valence-electron chi connectivity index (χ3n) is 3.46. The van der Waals surface area contributed by atoms with Crippen molar-refractivity contribution in [2.75, 3.05) is 33.7 Å². The van der Waals surface area contributed by atoms with E-state index in [0.717, 1.165) is 32.5 Å². The smallest absolute Gasteiger partial charge is 0.243 e. The third kappa shape index (κ3) is 4.02. The van der Waals surface area contributed by atoms with Gasteiger partial charge in [-0.15, -0.1) is 0 Å². The van der Waals surface area contributed by atoms with Crippen LogP contribution in [0.1, 0.15) is 12.8 Å². The maximum absolute atomic E-state index is 12.3. The second-order valence-corrected chi connectivity index (χ2v) is 6.98. The highest BCUT2D eigenvalue weighted by atomic mass is 32.2. The lowest BCUT2D eigenvalue weighted by atomic mass is 10.1. The highest BCUT2D eigenvalue weighted by Gasteiger charge is 2.24. The van der Waals surface area contributed by atoms with Crippen LogP contribution in [-0.2, 0) is 16.6 Å². The summed E-state index contributed by atoms with van der Waals surface area (Å²) in [4.78, 5) is 2.38. The van der Waals surface area contributed by atoms with Crippen LogP contribution < -0.4 is 10.0 Å². The van der Waals surface area contributed by atoms with Crippen LogP contribution in [0.25, 0.3) is 0 Å². The fourth-order valence-electron chi connectivity index (χ4n) is 2.38. The fourth-order valence-corrected chi connectivity index (χ4v) is 3.60. The van der Waals surface area contributed by atoms with Crippen molar-refractivity contribution in [2.24, 2.45) is 0 Å². The van der Waals surface area contributed by atoms with E-state index in [-0.39, 0.29) is 10.9 Å². The van der Waals surface area contributed by atoms with Gasteiger partial charge in [-0.2, -0.15) is 5.10 Å². The molecule has 1 aliphatic rings. The molecule has 1 aliphatic heterocycles. The van der Waals surface area contributed by atoms with Crippen LogP contribution in [0.15, 0.2) is 17.3 Å². The molecule has 2 heterocycles. The van der Waals surface area contributed by atoms with Crippen molar-refractivity contribution >= 4 is 10.0 Å². The molecule has 0 aromatic carbocycles. The summed E-state index contributed by atoms with van der Waals surface area (Å²) in [5.41, 5.74) is 0. The zero-order valence-electron chi connectivity index (χ0n) is 12.0. The zero-order valence-corrected chi connectivity index (χ0v) is 12.9. The Morgan fingerprint density at radius 3 is 3.00 bits per heavy atom. The number of likely N-dealkylation sites (tertiary alicyclic amines) is 1. The quantitative estimate of drug-likeness (QED) is 0.739. The van der Waals surface area contributed by atoms with Crippen molar-refractivity contribution < 1.29 is 8.42 Å². The Kier molecular flexibility index (Phi) is 5.14. The van der Waals surface area contributed by atoms with Crippen molar-refractivity contribution in [3.05, 3.63) is 12.4 Å². The van der Waals surface area contributed by atoms with E-state index in [1.807, 2.05) is 14.1 Å². The normalized spacial score (nSPS) is 21.2. The van der Waals surface area contributed by atoms with E-state index < -0.39 is 10.0 Å². The molecular weight excluding hydrogens is 278 g/mol. The number of rotatable bonds is 6. The standard InChI is InChI=1S/C12H23N5O2S/c1-13-5-7-17-10-12(8-14-17)20(18,19)15-11-4-3-6-16(2)9-11/h8,10-11,13,15H,3-7,9H2,1-2H3. The molecule has 114 valence electrons. The minimum absolute atomic E-state index is 0.0144. The van der Waals surface area contributed by atoms with E-state index in [1.165, 1.54) is 6.20 Å². The van der Waals surface area contributed by atoms with Gasteiger partial charge in [-0.1, -0.05) is 0 Å². The maximum atomic E-state index is 12.3. The molecule has 0 bridgehead atoms. The molecule has 0 aliphatic carbocycles. The average Bonchev–Trinajstić information content (AvgIpc) is 2.85. The Bertz CT molecular complexity index is 528. The van der Waals surface area contributed by atoms with E-state index in [9.17, 15) is 8.42 Å². The Labute approximate surface area is 120 Å². The second-order valence-electron chi connectivity index (χ2n) is 5.27. The third-order valence-corrected chi connectivity index (χ3v) is 4.93. The van der Waals surface area contributed by atoms with Crippen LogP contribution in [0.2, 0.25) is 0 Å². The molecule has 7 nitrogen and oxygen atoms in total. The van der Waals surface area contributed by atoms with Gasteiger partial charge in [0, 0.05) is 25.3 Å². The molecule has 2 rings (SSSR count). The summed E-state index contributed by atoms with van der Waals surface area (Å²) in [6.45, 7) is 3.19. The Morgan fingerprint density at radius 2 is 2.30 bits per heavy atom. The molecule has 1 unspecified atom stereocenters. The van der Waals surface area contributed by atoms with Gasteiger partial charge < -0.3 is 10.2 Å². The lowest BCUT2D eigenvalue weighted by Gasteiger charge is -2.29. The monoisotopic (exact) mass is 301 g/mol. The first-order valence-corrected chi connectivity index (χ1v) is 8.37. The molecule has 1 aromatic rings. The number of piperidine rings is 1. The van der Waals surface area contributed by atoms with Crippen LogP contribution in [-0.4, -0.2) is 62.9 Å². The first-order valence-electron chi connectivity index (χ1n) is 6.89. The molecule has 0 amide bonds. The lowest BCUT2D eigenvalue weighted by molar-refractivity contribution is 0.242. The molecule has 0 saturated carbocycles. The average molecular weight is 301 g/mol. The Hall–Kier alpha value is -0.960. The second kappa shape index (κ2) is 6.66. The van der Waals surface area contributed by atoms with Gasteiger partial charge in [0.15, 0.2) is 0 Å². The molecule has 1 atom stereocenters. The van der Waals surface area contributed by atoms with Crippen molar-refractivity contribution in [3.63, 3.8) is 0 Å². The topological polar surface area (TPSA) is 79.3 Å². The summed E-state index contributed by atoms with van der Waals surface area (Å²) in [5.74, 6) is 0. The zero-order chi connectivity index (χ0) is 14.6. The minimum Gasteiger partial charge on any atom is -0.318 e. The highest BCUT2D eigenvalue weighted by Crippen LogP contribution is 2.13. The van der Waals surface area contributed by atoms with E-state index in [2.05, 4.69) is 20.0 Å². The SMILES string of the molecule is CNCCn1cc(S(=O)(=O)NC2CCCN(C)C2)cn1. The van der Waals surface area contributed by atoms with E-state index >= 15 is 0 Å². The molecule has 0 spiro atoms. The highest BCUT2D eigenvalue weighted by molar-refractivity contribution is 7.89. The van der Waals surface area contributed by atoms with Crippen LogP contribution in [0.5, 0.6) is 0 Å². The van der Waals surface area contributed by atoms with Gasteiger partial charge in [-0.25, -0.2) is 13.1 Å². The predicted molar refractivity (Wildman–Crippen MR) is 77.0 cm³/mol. The van der Waals surface area contributed by atoms with Gasteiger partial charge >= 0.3 is 0 Å². The number of aromatic nitrogens is 2. The van der Waals surface area contributed by atoms with Gasteiger partial charge in [-0.05, 0) is 33.5 Å². The summed E-state index contributed by atoms with van der Waals surface area (Å²) < 4.78 is 29.0. The van der Waals surface area contributed by atoms with E-state index in [0.29, 0.717) is 6.54 Å². The van der Waals surface area contributed by atoms with E-state index in [4.69, 9.17) is 0 Å². The lowest BCUT2D eigenvalue weighted by Crippen LogP contribution is -2.46. The van der Waals surface area contributed by atoms with Gasteiger partial charge in [0.1, 0.15) is 4.90 Å². The summed E-state index contributed by atoms with van der Waals surface area (Å²) in [7, 11) is 0.392. The number of hydrogen-bond donors (Lipinski definition) is 2. The first-order chi connectivity index (χ1) is 9.51. The molecule has 1 aromatic heterocycles. The van der Waals surface area contributed by atoms with Gasteiger partial charge in [-0.3, -0.25) is 4.68 Å². The van der Waals surface area contributed by atoms with Crippen LogP contribution >= 0.6 is 0 Å². The number of sulfonamides is 1. The number of likely N-dealkylation sites (N-methyl/N-ethyl adjacent to an activating group) is 2. The number of hydrogen-bond acceptors (Lipinski definition) is 5. The van der Waals surface area contributed by atoms with Crippen molar-refractivity contribution in [3.8, 4) is 0 Å². The van der Waals surface area contributed by atoms with Crippen LogP contribution in [0, 0.1) is 0 Å². The van der Waals surface area contributed by atoms with Crippen LogP contribution in [0.4, 0.5) is 0 Å². The van der Waals surface area contributed by atoms with Crippen molar-refractivity contribution in [1.82, 2.24) is 24.7 Å². The summed E-state index contributed by atoms with van der Waals surface area (Å²) in [6, 6.07) is -0.0144. The fraction of sp³-hybridized carbons (Fsp3) is 0.750. The number of nitrogens with one attached hydrogen (secondary N) is 2. The summed E-state index contributed by atoms with van der Waals surface area (Å²) in [6.07, 6.45) is 4.89. The van der Waals surface area contributed by atoms with Crippen LogP contribution in [0.3, 0.4) is 0 Å². The van der Waals surface area contributed by atoms with Crippen molar-refractivity contribution in [2.45, 2.75) is 30.3 Å². The molecule has 8 heteroatoms. The summed E-state index contributed by atoms with van der Waals surface area (Å²) >= 11 is 0. The molecule has 20 heavy (non-hydrogen) atoms. The van der Waals surface area contributed by atoms with Gasteiger partial charge in [0.2, 0.25) is 10.0 Å². The molecule has 2 N–H and O–H groups in total. The molecule has 1 saturated heterocycles. The molecular formula is C12H23N5O2S. The maximum Gasteiger partial charge on any atom is 0.243 e. The largest absolute Gasteiger partial charge is 0.318 e. The van der Waals surface area contributed by atoms with Gasteiger partial charge in [0.25, 0.3) is 0 Å². The Balaban J connectivity index is 2.00. The minimum atomic E-state index is -3.47.